The van der Waals surface area contributed by atoms with E-state index in [0.29, 0.717) is 18.3 Å². The number of carbonyl (C=O) groups excluding carboxylic acids is 1. The van der Waals surface area contributed by atoms with Crippen LogP contribution in [0.5, 0.6) is 0 Å². The fraction of sp³-hybridized carbons (Fsp3) is 0.176. The Labute approximate surface area is 136 Å². The average molecular weight is 324 g/mol. The van der Waals surface area contributed by atoms with Crippen LogP contribution < -0.4 is 4.90 Å². The van der Waals surface area contributed by atoms with Gasteiger partial charge in [-0.3, -0.25) is 9.78 Å². The topological polar surface area (TPSA) is 72.1 Å². The minimum Gasteiger partial charge on any atom is -0.334 e. The van der Waals surface area contributed by atoms with Crippen LogP contribution in [0.25, 0.3) is 11.5 Å². The second-order valence-corrected chi connectivity index (χ2v) is 5.55. The van der Waals surface area contributed by atoms with Gasteiger partial charge in [-0.1, -0.05) is 17.3 Å². The molecule has 6 nitrogen and oxygen atoms in total. The lowest BCUT2D eigenvalue weighted by Gasteiger charge is -2.16. The lowest BCUT2D eigenvalue weighted by molar-refractivity contribution is -0.117. The highest BCUT2D eigenvalue weighted by Gasteiger charge is 2.35. The van der Waals surface area contributed by atoms with E-state index in [1.54, 1.807) is 42.7 Å². The first-order valence-corrected chi connectivity index (χ1v) is 7.51. The molecule has 1 aliphatic rings. The zero-order valence-corrected chi connectivity index (χ0v) is 12.6. The molecule has 24 heavy (non-hydrogen) atoms. The molecule has 2 aromatic heterocycles. The van der Waals surface area contributed by atoms with Gasteiger partial charge < -0.3 is 9.42 Å². The number of halogens is 1. The highest BCUT2D eigenvalue weighted by atomic mass is 19.1. The molecule has 1 aromatic carbocycles. The highest BCUT2D eigenvalue weighted by molar-refractivity contribution is 5.96. The minimum atomic E-state index is -0.419. The Balaban J connectivity index is 1.58. The fourth-order valence-electron chi connectivity index (χ4n) is 2.80. The van der Waals surface area contributed by atoms with Crippen LogP contribution in [0.1, 0.15) is 18.2 Å². The third kappa shape index (κ3) is 2.54. The van der Waals surface area contributed by atoms with Gasteiger partial charge in [0.05, 0.1) is 5.69 Å². The zero-order chi connectivity index (χ0) is 16.5. The second kappa shape index (κ2) is 5.84. The van der Waals surface area contributed by atoms with Crippen molar-refractivity contribution in [1.29, 1.82) is 0 Å². The summed E-state index contributed by atoms with van der Waals surface area (Å²) in [4.78, 5) is 22.0. The lowest BCUT2D eigenvalue weighted by atomic mass is 10.1. The van der Waals surface area contributed by atoms with Crippen molar-refractivity contribution < 1.29 is 13.7 Å². The molecule has 1 amide bonds. The van der Waals surface area contributed by atoms with Crippen molar-refractivity contribution in [1.82, 2.24) is 15.1 Å². The normalized spacial score (nSPS) is 17.5. The van der Waals surface area contributed by atoms with Crippen molar-refractivity contribution in [2.45, 2.75) is 12.3 Å². The van der Waals surface area contributed by atoms with Crippen molar-refractivity contribution in [3.05, 3.63) is 60.4 Å². The number of hydrogen-bond donors (Lipinski definition) is 0. The first kappa shape index (κ1) is 14.5. The Morgan fingerprint density at radius 3 is 2.75 bits per heavy atom. The molecule has 1 unspecified atom stereocenters. The number of aromatic nitrogens is 3. The summed E-state index contributed by atoms with van der Waals surface area (Å²) in [6.45, 7) is 0.328. The van der Waals surface area contributed by atoms with Gasteiger partial charge in [0.25, 0.3) is 5.89 Å². The predicted molar refractivity (Wildman–Crippen MR) is 83.6 cm³/mol. The van der Waals surface area contributed by atoms with Crippen molar-refractivity contribution >= 4 is 11.6 Å². The number of amides is 1. The molecular formula is C17H13FN4O2. The van der Waals surface area contributed by atoms with E-state index in [2.05, 4.69) is 15.1 Å². The Morgan fingerprint density at radius 2 is 1.96 bits per heavy atom. The standard InChI is InChI=1S/C17H13FN4O2/c18-13-3-1-2-4-14(13)22-10-12(9-15(22)23)16-20-17(24-21-16)11-5-7-19-8-6-11/h1-8,12H,9-10H2. The third-order valence-electron chi connectivity index (χ3n) is 4.00. The number of benzene rings is 1. The Morgan fingerprint density at radius 1 is 1.17 bits per heavy atom. The minimum absolute atomic E-state index is 0.152. The molecule has 0 N–H and O–H groups in total. The molecule has 1 saturated heterocycles. The Bertz CT molecular complexity index is 881. The second-order valence-electron chi connectivity index (χ2n) is 5.55. The number of hydrogen-bond acceptors (Lipinski definition) is 5. The van der Waals surface area contributed by atoms with Crippen molar-refractivity contribution in [3.63, 3.8) is 0 Å². The summed E-state index contributed by atoms with van der Waals surface area (Å²) in [7, 11) is 0. The number of para-hydroxylation sites is 1. The summed E-state index contributed by atoms with van der Waals surface area (Å²) in [5, 5.41) is 3.98. The highest BCUT2D eigenvalue weighted by Crippen LogP contribution is 2.32. The van der Waals surface area contributed by atoms with Crippen LogP contribution in [0, 0.1) is 5.82 Å². The van der Waals surface area contributed by atoms with Crippen molar-refractivity contribution in [3.8, 4) is 11.5 Å². The van der Waals surface area contributed by atoms with E-state index in [1.165, 1.54) is 11.0 Å². The maximum atomic E-state index is 13.9. The van der Waals surface area contributed by atoms with Gasteiger partial charge in [-0.25, -0.2) is 4.39 Å². The summed E-state index contributed by atoms with van der Waals surface area (Å²) in [6.07, 6.45) is 3.50. The molecule has 1 atom stereocenters. The SMILES string of the molecule is O=C1CC(c2noc(-c3ccncc3)n2)CN1c1ccccc1F. The molecule has 1 fully saturated rings. The maximum Gasteiger partial charge on any atom is 0.258 e. The zero-order valence-electron chi connectivity index (χ0n) is 12.6. The van der Waals surface area contributed by atoms with Gasteiger partial charge in [0.15, 0.2) is 5.82 Å². The van der Waals surface area contributed by atoms with Crippen LogP contribution in [0.4, 0.5) is 10.1 Å². The average Bonchev–Trinajstić information content (AvgIpc) is 3.23. The van der Waals surface area contributed by atoms with E-state index >= 15 is 0 Å². The summed E-state index contributed by atoms with van der Waals surface area (Å²) >= 11 is 0. The van der Waals surface area contributed by atoms with Gasteiger partial charge in [0, 0.05) is 36.8 Å². The Hall–Kier alpha value is -3.09. The molecule has 3 heterocycles. The molecule has 4 rings (SSSR count). The van der Waals surface area contributed by atoms with Gasteiger partial charge in [-0.05, 0) is 24.3 Å². The van der Waals surface area contributed by atoms with Crippen LogP contribution in [-0.2, 0) is 4.79 Å². The smallest absolute Gasteiger partial charge is 0.258 e. The van der Waals surface area contributed by atoms with E-state index in [0.717, 1.165) is 5.56 Å². The van der Waals surface area contributed by atoms with E-state index < -0.39 is 5.82 Å². The first-order chi connectivity index (χ1) is 11.7. The molecule has 0 saturated carbocycles. The number of nitrogens with zero attached hydrogens (tertiary/aromatic N) is 4. The lowest BCUT2D eigenvalue weighted by Crippen LogP contribution is -2.25. The monoisotopic (exact) mass is 324 g/mol. The van der Waals surface area contributed by atoms with Crippen LogP contribution in [0.15, 0.2) is 53.3 Å². The summed E-state index contributed by atoms with van der Waals surface area (Å²) in [6, 6.07) is 9.76. The number of anilines is 1. The number of pyridine rings is 1. The molecule has 0 aliphatic carbocycles. The molecule has 1 aliphatic heterocycles. The summed E-state index contributed by atoms with van der Waals surface area (Å²) < 4.78 is 19.2. The van der Waals surface area contributed by atoms with Crippen molar-refractivity contribution in [2.24, 2.45) is 0 Å². The summed E-state index contributed by atoms with van der Waals surface area (Å²) in [5.41, 5.74) is 1.04. The van der Waals surface area contributed by atoms with Crippen LogP contribution in [0.3, 0.4) is 0 Å². The van der Waals surface area contributed by atoms with Crippen LogP contribution >= 0.6 is 0 Å². The van der Waals surface area contributed by atoms with Gasteiger partial charge in [-0.15, -0.1) is 0 Å². The van der Waals surface area contributed by atoms with Gasteiger partial charge in [0.1, 0.15) is 5.82 Å². The Kier molecular flexibility index (Phi) is 3.53. The van der Waals surface area contributed by atoms with Gasteiger partial charge in [0.2, 0.25) is 5.91 Å². The summed E-state index contributed by atoms with van der Waals surface area (Å²) in [5.74, 6) is 0.0343. The predicted octanol–water partition coefficient (Wildman–Crippen LogP) is 2.79. The molecule has 0 spiro atoms. The fourth-order valence-corrected chi connectivity index (χ4v) is 2.80. The molecule has 7 heteroatoms. The first-order valence-electron chi connectivity index (χ1n) is 7.51. The maximum absolute atomic E-state index is 13.9. The molecule has 120 valence electrons. The van der Waals surface area contributed by atoms with Crippen molar-refractivity contribution in [2.75, 3.05) is 11.4 Å². The number of carbonyl (C=O) groups is 1. The van der Waals surface area contributed by atoms with E-state index in [-0.39, 0.29) is 23.9 Å². The van der Waals surface area contributed by atoms with E-state index in [9.17, 15) is 9.18 Å². The van der Waals surface area contributed by atoms with Crippen LogP contribution in [0.2, 0.25) is 0 Å². The van der Waals surface area contributed by atoms with Gasteiger partial charge in [-0.2, -0.15) is 4.98 Å². The number of rotatable bonds is 3. The third-order valence-corrected chi connectivity index (χ3v) is 4.00. The largest absolute Gasteiger partial charge is 0.334 e. The molecule has 3 aromatic rings. The van der Waals surface area contributed by atoms with Gasteiger partial charge >= 0.3 is 0 Å². The van der Waals surface area contributed by atoms with E-state index in [4.69, 9.17) is 4.52 Å². The van der Waals surface area contributed by atoms with E-state index in [1.807, 2.05) is 0 Å². The molecular weight excluding hydrogens is 311 g/mol. The quantitative estimate of drug-likeness (QED) is 0.741. The molecule has 0 bridgehead atoms. The van der Waals surface area contributed by atoms with Crippen LogP contribution in [-0.4, -0.2) is 27.6 Å². The molecule has 0 radical (unpaired) electrons.